The molecule has 0 aliphatic carbocycles. The van der Waals surface area contributed by atoms with Crippen molar-refractivity contribution in [1.29, 1.82) is 0 Å². The molecule has 1 rings (SSSR count). The van der Waals surface area contributed by atoms with Crippen molar-refractivity contribution >= 4 is 17.8 Å². The van der Waals surface area contributed by atoms with E-state index in [-0.39, 0.29) is 18.2 Å². The summed E-state index contributed by atoms with van der Waals surface area (Å²) in [7, 11) is 0. The van der Waals surface area contributed by atoms with Crippen LogP contribution in [0.2, 0.25) is 0 Å². The lowest BCUT2D eigenvalue weighted by molar-refractivity contribution is -0.304. The zero-order valence-electron chi connectivity index (χ0n) is 21.3. The number of carbonyl (C=O) groups excluding carboxylic acids is 2. The van der Waals surface area contributed by atoms with Crippen LogP contribution in [0.3, 0.4) is 0 Å². The molecular formula is C25H46N2O6. The third-order valence-electron chi connectivity index (χ3n) is 5.97. The van der Waals surface area contributed by atoms with E-state index >= 15 is 0 Å². The molecule has 33 heavy (non-hydrogen) atoms. The average molecular weight is 471 g/mol. The van der Waals surface area contributed by atoms with Gasteiger partial charge >= 0.3 is 5.97 Å². The summed E-state index contributed by atoms with van der Waals surface area (Å²) in [5.41, 5.74) is -0.530. The molecule has 1 saturated heterocycles. The highest BCUT2D eigenvalue weighted by atomic mass is 16.7. The number of ether oxygens (including phenoxy) is 2. The number of carboxylic acid groups (broad SMARTS) is 1. The first-order valence-corrected chi connectivity index (χ1v) is 12.6. The third-order valence-corrected chi connectivity index (χ3v) is 5.97. The normalized spacial score (nSPS) is 20.1. The van der Waals surface area contributed by atoms with E-state index in [9.17, 15) is 19.5 Å². The summed E-state index contributed by atoms with van der Waals surface area (Å²) < 4.78 is 11.5. The number of amides is 2. The van der Waals surface area contributed by atoms with Gasteiger partial charge in [-0.25, -0.2) is 0 Å². The molecule has 0 aromatic carbocycles. The first kappa shape index (κ1) is 29.4. The molecule has 0 spiro atoms. The van der Waals surface area contributed by atoms with Crippen LogP contribution in [-0.4, -0.2) is 54.0 Å². The molecule has 3 N–H and O–H groups in total. The summed E-state index contributed by atoms with van der Waals surface area (Å²) in [6.45, 7) is 10.3. The van der Waals surface area contributed by atoms with Crippen molar-refractivity contribution in [3.63, 3.8) is 0 Å². The zero-order valence-corrected chi connectivity index (χ0v) is 21.3. The SMILES string of the molecule is CCCCCCCCCC(=O)NCCCC(CC(=O)O)NC(=O)C1OC(C)(C)OCC1(C)C. The Morgan fingerprint density at radius 3 is 2.27 bits per heavy atom. The zero-order chi connectivity index (χ0) is 24.9. The largest absolute Gasteiger partial charge is 0.481 e. The topological polar surface area (TPSA) is 114 Å². The van der Waals surface area contributed by atoms with Crippen molar-refractivity contribution in [2.45, 2.75) is 123 Å². The lowest BCUT2D eigenvalue weighted by Crippen LogP contribution is -2.57. The standard InChI is InChI=1S/C25H46N2O6/c1-6-7-8-9-10-11-12-15-20(28)26-16-13-14-19(17-21(29)30)27-23(31)22-24(2,3)18-32-25(4,5)33-22/h19,22H,6-18H2,1-5H3,(H,26,28)(H,27,31)(H,29,30). The van der Waals surface area contributed by atoms with Crippen LogP contribution in [0.1, 0.15) is 105 Å². The molecular weight excluding hydrogens is 424 g/mol. The molecule has 1 aliphatic rings. The molecule has 8 nitrogen and oxygen atoms in total. The number of rotatable bonds is 16. The van der Waals surface area contributed by atoms with Gasteiger partial charge in [0.05, 0.1) is 13.0 Å². The monoisotopic (exact) mass is 470 g/mol. The van der Waals surface area contributed by atoms with Gasteiger partial charge in [0, 0.05) is 24.4 Å². The number of carbonyl (C=O) groups is 3. The Balaban J connectivity index is 2.38. The van der Waals surface area contributed by atoms with Gasteiger partial charge in [0.25, 0.3) is 0 Å². The van der Waals surface area contributed by atoms with Gasteiger partial charge in [-0.05, 0) is 33.1 Å². The molecule has 1 fully saturated rings. The molecule has 0 saturated carbocycles. The predicted octanol–water partition coefficient (Wildman–Crippen LogP) is 4.16. The second-order valence-corrected chi connectivity index (χ2v) is 10.3. The molecule has 0 bridgehead atoms. The van der Waals surface area contributed by atoms with Crippen LogP contribution in [-0.2, 0) is 23.9 Å². The second kappa shape index (κ2) is 14.6. The van der Waals surface area contributed by atoms with Gasteiger partial charge in [-0.1, -0.05) is 59.3 Å². The summed E-state index contributed by atoms with van der Waals surface area (Å²) in [4.78, 5) is 36.2. The van der Waals surface area contributed by atoms with Crippen molar-refractivity contribution in [1.82, 2.24) is 10.6 Å². The smallest absolute Gasteiger partial charge is 0.305 e. The van der Waals surface area contributed by atoms with Crippen molar-refractivity contribution in [3.05, 3.63) is 0 Å². The van der Waals surface area contributed by atoms with Crippen molar-refractivity contribution < 1.29 is 29.0 Å². The van der Waals surface area contributed by atoms with E-state index in [2.05, 4.69) is 17.6 Å². The van der Waals surface area contributed by atoms with E-state index in [0.29, 0.717) is 32.4 Å². The Labute approximate surface area is 199 Å². The maximum absolute atomic E-state index is 12.9. The lowest BCUT2D eigenvalue weighted by atomic mass is 9.85. The average Bonchev–Trinajstić information content (AvgIpc) is 2.72. The van der Waals surface area contributed by atoms with Gasteiger partial charge in [0.1, 0.15) is 6.10 Å². The Bertz CT molecular complexity index is 620. The highest BCUT2D eigenvalue weighted by molar-refractivity contribution is 5.82. The van der Waals surface area contributed by atoms with E-state index in [1.807, 2.05) is 13.8 Å². The molecule has 0 aromatic rings. The fourth-order valence-electron chi connectivity index (χ4n) is 3.94. The first-order valence-electron chi connectivity index (χ1n) is 12.6. The van der Waals surface area contributed by atoms with E-state index in [1.165, 1.54) is 32.1 Å². The Hall–Kier alpha value is -1.67. The number of carboxylic acids is 1. The van der Waals surface area contributed by atoms with Gasteiger partial charge < -0.3 is 25.2 Å². The maximum atomic E-state index is 12.9. The van der Waals surface area contributed by atoms with Gasteiger partial charge in [0.2, 0.25) is 11.8 Å². The summed E-state index contributed by atoms with van der Waals surface area (Å²) in [5.74, 6) is -2.15. The van der Waals surface area contributed by atoms with Gasteiger partial charge in [-0.3, -0.25) is 14.4 Å². The Morgan fingerprint density at radius 2 is 1.64 bits per heavy atom. The summed E-state index contributed by atoms with van der Waals surface area (Å²) >= 11 is 0. The molecule has 192 valence electrons. The lowest BCUT2D eigenvalue weighted by Gasteiger charge is -2.45. The summed E-state index contributed by atoms with van der Waals surface area (Å²) in [6, 6.07) is -0.527. The maximum Gasteiger partial charge on any atom is 0.305 e. The van der Waals surface area contributed by atoms with Crippen LogP contribution in [0.4, 0.5) is 0 Å². The minimum Gasteiger partial charge on any atom is -0.481 e. The van der Waals surface area contributed by atoms with E-state index in [0.717, 1.165) is 12.8 Å². The van der Waals surface area contributed by atoms with E-state index in [1.54, 1.807) is 13.8 Å². The molecule has 1 aliphatic heterocycles. The highest BCUT2D eigenvalue weighted by Crippen LogP contribution is 2.35. The highest BCUT2D eigenvalue weighted by Gasteiger charge is 2.46. The fraction of sp³-hybridized carbons (Fsp3) is 0.880. The van der Waals surface area contributed by atoms with Crippen LogP contribution in [0.15, 0.2) is 0 Å². The minimum atomic E-state index is -0.976. The molecule has 2 unspecified atom stereocenters. The van der Waals surface area contributed by atoms with Crippen LogP contribution in [0, 0.1) is 5.41 Å². The molecule has 2 atom stereocenters. The summed E-state index contributed by atoms with van der Waals surface area (Å²) in [5, 5.41) is 15.0. The van der Waals surface area contributed by atoms with Crippen molar-refractivity contribution in [3.8, 4) is 0 Å². The Morgan fingerprint density at radius 1 is 1.00 bits per heavy atom. The third kappa shape index (κ3) is 12.4. The van der Waals surface area contributed by atoms with Gasteiger partial charge in [-0.15, -0.1) is 0 Å². The number of aliphatic carboxylic acids is 1. The quantitative estimate of drug-likeness (QED) is 0.292. The fourth-order valence-corrected chi connectivity index (χ4v) is 3.94. The molecule has 0 radical (unpaired) electrons. The number of hydrogen-bond acceptors (Lipinski definition) is 5. The predicted molar refractivity (Wildman–Crippen MR) is 128 cm³/mol. The van der Waals surface area contributed by atoms with Crippen LogP contribution in [0.5, 0.6) is 0 Å². The Kier molecular flexibility index (Phi) is 13.0. The minimum absolute atomic E-state index is 0.0296. The van der Waals surface area contributed by atoms with Crippen LogP contribution >= 0.6 is 0 Å². The molecule has 1 heterocycles. The number of nitrogens with one attached hydrogen (secondary N) is 2. The van der Waals surface area contributed by atoms with E-state index in [4.69, 9.17) is 9.47 Å². The number of hydrogen-bond donors (Lipinski definition) is 3. The second-order valence-electron chi connectivity index (χ2n) is 10.3. The van der Waals surface area contributed by atoms with Gasteiger partial charge in [-0.2, -0.15) is 0 Å². The molecule has 0 aromatic heterocycles. The van der Waals surface area contributed by atoms with Crippen molar-refractivity contribution in [2.75, 3.05) is 13.2 Å². The van der Waals surface area contributed by atoms with Crippen LogP contribution < -0.4 is 10.6 Å². The van der Waals surface area contributed by atoms with Crippen LogP contribution in [0.25, 0.3) is 0 Å². The van der Waals surface area contributed by atoms with E-state index < -0.39 is 29.3 Å². The van der Waals surface area contributed by atoms with Crippen molar-refractivity contribution in [2.24, 2.45) is 5.41 Å². The molecule has 2 amide bonds. The molecule has 8 heteroatoms. The summed E-state index contributed by atoms with van der Waals surface area (Å²) in [6.07, 6.45) is 8.83. The first-order chi connectivity index (χ1) is 15.5. The van der Waals surface area contributed by atoms with Gasteiger partial charge in [0.15, 0.2) is 5.79 Å². The number of unbranched alkanes of at least 4 members (excludes halogenated alkanes) is 6.